The lowest BCUT2D eigenvalue weighted by atomic mass is 9.98. The fourth-order valence-corrected chi connectivity index (χ4v) is 6.22. The summed E-state index contributed by atoms with van der Waals surface area (Å²) in [6.45, 7) is 4.17. The van der Waals surface area contributed by atoms with E-state index in [9.17, 15) is 19.5 Å². The number of amides is 2. The van der Waals surface area contributed by atoms with Crippen LogP contribution in [0, 0.1) is 5.92 Å². The summed E-state index contributed by atoms with van der Waals surface area (Å²) in [5.41, 5.74) is 1.90. The molecule has 3 aliphatic rings. The lowest BCUT2D eigenvalue weighted by molar-refractivity contribution is -0.319. The van der Waals surface area contributed by atoms with E-state index >= 15 is 0 Å². The number of ketones is 1. The van der Waals surface area contributed by atoms with E-state index in [0.29, 0.717) is 12.2 Å². The van der Waals surface area contributed by atoms with Gasteiger partial charge in [-0.25, -0.2) is 9.69 Å². The van der Waals surface area contributed by atoms with E-state index in [0.717, 1.165) is 16.0 Å². The number of carbonyl (C=O) groups is 3. The van der Waals surface area contributed by atoms with Gasteiger partial charge in [0.15, 0.2) is 24.3 Å². The predicted molar refractivity (Wildman–Crippen MR) is 182 cm³/mol. The molecule has 2 fully saturated rings. The van der Waals surface area contributed by atoms with E-state index in [1.165, 1.54) is 26.4 Å². The normalized spacial score (nSPS) is 27.8. The summed E-state index contributed by atoms with van der Waals surface area (Å²) in [5.74, 6) is -0.915. The highest BCUT2D eigenvalue weighted by Crippen LogP contribution is 2.31. The molecule has 0 aliphatic carbocycles. The molecule has 5 rings (SSSR count). The Bertz CT molecular complexity index is 1500. The number of allylic oxidation sites excluding steroid dienone is 1. The molecule has 2 aromatic rings. The SMILES string of the molecule is CO[C@H]1O[C@H](CO)[C@@H](OCc2ccccc2)[C@H](OCc2ccccc2)[C@@H]1OCCC=C1C=CC(=O)[C@H]([C@H](OC)C(=O)N2C(=O)OC[C@@H]2C(C)C)O1. The van der Waals surface area contributed by atoms with Gasteiger partial charge in [0, 0.05) is 14.2 Å². The second-order valence-corrected chi connectivity index (χ2v) is 12.7. The number of methoxy groups -OCH3 is 2. The van der Waals surface area contributed by atoms with Crippen molar-refractivity contribution in [3.05, 3.63) is 95.8 Å². The Morgan fingerprint density at radius 3 is 2.16 bits per heavy atom. The van der Waals surface area contributed by atoms with Gasteiger partial charge in [0.05, 0.1) is 32.5 Å². The predicted octanol–water partition coefficient (Wildman–Crippen LogP) is 3.72. The number of hydrogen-bond acceptors (Lipinski definition) is 12. The second kappa shape index (κ2) is 18.5. The van der Waals surface area contributed by atoms with Crippen molar-refractivity contribution in [2.45, 2.75) is 82.4 Å². The van der Waals surface area contributed by atoms with E-state index < -0.39 is 66.7 Å². The first-order chi connectivity index (χ1) is 24.7. The summed E-state index contributed by atoms with van der Waals surface area (Å²) in [6.07, 6.45) is -2.34. The van der Waals surface area contributed by atoms with Crippen molar-refractivity contribution >= 4 is 17.8 Å². The minimum Gasteiger partial charge on any atom is -0.479 e. The van der Waals surface area contributed by atoms with Crippen LogP contribution in [0.15, 0.2) is 84.7 Å². The maximum atomic E-state index is 13.5. The molecule has 0 unspecified atom stereocenters. The van der Waals surface area contributed by atoms with Gasteiger partial charge in [-0.2, -0.15) is 0 Å². The Morgan fingerprint density at radius 1 is 0.922 bits per heavy atom. The number of aliphatic hydroxyl groups excluding tert-OH is 1. The smallest absolute Gasteiger partial charge is 0.417 e. The van der Waals surface area contributed by atoms with E-state index in [1.807, 2.05) is 74.5 Å². The van der Waals surface area contributed by atoms with Crippen molar-refractivity contribution in [3.63, 3.8) is 0 Å². The molecule has 0 aromatic heterocycles. The molecule has 0 saturated carbocycles. The van der Waals surface area contributed by atoms with Crippen LogP contribution in [0.3, 0.4) is 0 Å². The van der Waals surface area contributed by atoms with E-state index in [2.05, 4.69) is 0 Å². The summed E-state index contributed by atoms with van der Waals surface area (Å²) in [4.78, 5) is 39.8. The molecule has 2 saturated heterocycles. The van der Waals surface area contributed by atoms with Gasteiger partial charge in [0.1, 0.15) is 36.8 Å². The maximum absolute atomic E-state index is 13.5. The zero-order valence-corrected chi connectivity index (χ0v) is 29.3. The molecule has 0 radical (unpaired) electrons. The third kappa shape index (κ3) is 9.49. The molecule has 3 heterocycles. The minimum absolute atomic E-state index is 0.0629. The summed E-state index contributed by atoms with van der Waals surface area (Å²) >= 11 is 0. The standard InChI is InChI=1S/C38H47NO12/c1-24(2)28-23-49-38(43)39(28)36(42)34(44-3)31-29(41)18-17-27(50-31)16-11-19-46-35-33(48-22-26-14-9-6-10-15-26)32(30(20-40)51-37(35)45-4)47-21-25-12-7-5-8-13-25/h5-10,12-18,24,28,30-35,37,40H,11,19-23H2,1-4H3/t28-,30-,31-,32-,33+,34+,35+,37+/m1/s1. The van der Waals surface area contributed by atoms with Gasteiger partial charge in [0.2, 0.25) is 0 Å². The Kier molecular flexibility index (Phi) is 13.9. The number of ether oxygens (including phenoxy) is 8. The number of rotatable bonds is 16. The maximum Gasteiger partial charge on any atom is 0.417 e. The number of carbonyl (C=O) groups excluding carboxylic acids is 3. The van der Waals surface area contributed by atoms with E-state index in [4.69, 9.17) is 37.9 Å². The van der Waals surface area contributed by atoms with Crippen LogP contribution in [0.2, 0.25) is 0 Å². The minimum atomic E-state index is -1.37. The fraction of sp³-hybridized carbons (Fsp3) is 0.500. The van der Waals surface area contributed by atoms with Crippen LogP contribution in [0.4, 0.5) is 4.79 Å². The van der Waals surface area contributed by atoms with Gasteiger partial charge in [-0.05, 0) is 41.7 Å². The molecule has 51 heavy (non-hydrogen) atoms. The highest BCUT2D eigenvalue weighted by molar-refractivity contribution is 6.03. The number of nitrogens with zero attached hydrogens (tertiary/aromatic N) is 1. The summed E-state index contributed by atoms with van der Waals surface area (Å²) in [7, 11) is 2.78. The number of cyclic esters (lactones) is 1. The first kappa shape index (κ1) is 38.3. The monoisotopic (exact) mass is 709 g/mol. The summed E-state index contributed by atoms with van der Waals surface area (Å²) in [5, 5.41) is 10.3. The largest absolute Gasteiger partial charge is 0.479 e. The van der Waals surface area contributed by atoms with Crippen LogP contribution in [0.1, 0.15) is 31.4 Å². The third-order valence-electron chi connectivity index (χ3n) is 8.99. The zero-order valence-electron chi connectivity index (χ0n) is 29.3. The molecule has 1 N–H and O–H groups in total. The van der Waals surface area contributed by atoms with Crippen molar-refractivity contribution in [3.8, 4) is 0 Å². The highest BCUT2D eigenvalue weighted by Gasteiger charge is 2.49. The molecule has 3 aliphatic heterocycles. The molecule has 276 valence electrons. The quantitative estimate of drug-likeness (QED) is 0.253. The molecular formula is C38H47NO12. The molecule has 13 heteroatoms. The molecule has 2 amide bonds. The van der Waals surface area contributed by atoms with Crippen molar-refractivity contribution in [1.29, 1.82) is 0 Å². The second-order valence-electron chi connectivity index (χ2n) is 12.7. The van der Waals surface area contributed by atoms with Crippen molar-refractivity contribution < 1.29 is 57.4 Å². The summed E-state index contributed by atoms with van der Waals surface area (Å²) in [6, 6.07) is 18.9. The van der Waals surface area contributed by atoms with Gasteiger partial charge in [-0.15, -0.1) is 0 Å². The first-order valence-electron chi connectivity index (χ1n) is 17.1. The average Bonchev–Trinajstić information content (AvgIpc) is 3.55. The Hall–Kier alpha value is -3.95. The molecular weight excluding hydrogens is 662 g/mol. The molecule has 0 bridgehead atoms. The Balaban J connectivity index is 1.27. The van der Waals surface area contributed by atoms with Crippen molar-refractivity contribution in [2.75, 3.05) is 34.0 Å². The first-order valence-corrected chi connectivity index (χ1v) is 17.1. The van der Waals surface area contributed by atoms with Gasteiger partial charge in [0.25, 0.3) is 5.91 Å². The molecule has 8 atom stereocenters. The Labute approximate surface area is 298 Å². The number of imide groups is 1. The van der Waals surface area contributed by atoms with E-state index in [-0.39, 0.29) is 39.0 Å². The van der Waals surface area contributed by atoms with Crippen LogP contribution in [-0.4, -0.2) is 111 Å². The van der Waals surface area contributed by atoms with Crippen molar-refractivity contribution in [1.82, 2.24) is 4.90 Å². The molecule has 2 aromatic carbocycles. The Morgan fingerprint density at radius 2 is 1.57 bits per heavy atom. The number of benzene rings is 2. The zero-order chi connectivity index (χ0) is 36.3. The molecule has 0 spiro atoms. The van der Waals surface area contributed by atoms with Crippen LogP contribution in [-0.2, 0) is 60.7 Å². The highest BCUT2D eigenvalue weighted by atomic mass is 16.7. The van der Waals surface area contributed by atoms with Crippen LogP contribution >= 0.6 is 0 Å². The lowest BCUT2D eigenvalue weighted by Gasteiger charge is -2.45. The third-order valence-corrected chi connectivity index (χ3v) is 8.99. The van der Waals surface area contributed by atoms with Crippen LogP contribution in [0.5, 0.6) is 0 Å². The lowest BCUT2D eigenvalue weighted by Crippen LogP contribution is -2.61. The number of hydrogen-bond donors (Lipinski definition) is 1. The van der Waals surface area contributed by atoms with Gasteiger partial charge >= 0.3 is 6.09 Å². The summed E-state index contributed by atoms with van der Waals surface area (Å²) < 4.78 is 47.4. The van der Waals surface area contributed by atoms with Gasteiger partial charge in [-0.1, -0.05) is 74.5 Å². The van der Waals surface area contributed by atoms with E-state index in [1.54, 1.807) is 6.08 Å². The van der Waals surface area contributed by atoms with Crippen LogP contribution in [0.25, 0.3) is 0 Å². The molecule has 13 nitrogen and oxygen atoms in total. The number of aliphatic hydroxyl groups is 1. The van der Waals surface area contributed by atoms with Gasteiger partial charge in [-0.3, -0.25) is 9.59 Å². The van der Waals surface area contributed by atoms with Crippen molar-refractivity contribution in [2.24, 2.45) is 5.92 Å². The fourth-order valence-electron chi connectivity index (χ4n) is 6.22. The topological polar surface area (TPSA) is 149 Å². The van der Waals surface area contributed by atoms with Crippen LogP contribution < -0.4 is 0 Å². The van der Waals surface area contributed by atoms with Gasteiger partial charge < -0.3 is 43.0 Å². The average molecular weight is 710 g/mol.